The predicted molar refractivity (Wildman–Crippen MR) is 402 cm³/mol. The number of nitrogens with zero attached hydrogens (tertiary/aromatic N) is 12. The third-order valence-electron chi connectivity index (χ3n) is 14.9. The molecule has 0 aliphatic carbocycles. The molecule has 109 heavy (non-hydrogen) atoms. The zero-order chi connectivity index (χ0) is 76.5. The van der Waals surface area contributed by atoms with Crippen LogP contribution in [0.4, 0.5) is 8.78 Å². The Hall–Kier alpha value is -11.4. The molecule has 566 valence electrons. The van der Waals surface area contributed by atoms with Crippen LogP contribution in [0.5, 0.6) is 0 Å². The fourth-order valence-electron chi connectivity index (χ4n) is 9.36. The van der Waals surface area contributed by atoms with Crippen LogP contribution in [0.25, 0.3) is 17.1 Å². The van der Waals surface area contributed by atoms with Crippen LogP contribution in [0.3, 0.4) is 0 Å². The molecule has 2 aliphatic rings. The van der Waals surface area contributed by atoms with E-state index in [1.165, 1.54) is 90.9 Å². The van der Waals surface area contributed by atoms with Crippen LogP contribution in [-0.2, 0) is 19.1 Å². The number of H-pyrrole nitrogens is 2. The molecule has 2 aliphatic heterocycles. The molecule has 2 fully saturated rings. The zero-order valence-corrected chi connectivity index (χ0v) is 62.9. The van der Waals surface area contributed by atoms with Gasteiger partial charge in [0.2, 0.25) is 11.8 Å². The van der Waals surface area contributed by atoms with Gasteiger partial charge in [-0.1, -0.05) is 96.0 Å². The van der Waals surface area contributed by atoms with Crippen LogP contribution in [0.1, 0.15) is 73.2 Å². The molecule has 30 nitrogen and oxygen atoms in total. The number of ether oxygens (including phenoxy) is 2. The minimum absolute atomic E-state index is 0. The second-order valence-corrected chi connectivity index (χ2v) is 23.9. The number of nitrogens with two attached hydrogens (primary N) is 1. The third kappa shape index (κ3) is 28.3. The number of benzene rings is 6. The Bertz CT molecular complexity index is 4680. The molecule has 0 saturated carbocycles. The smallest absolute Gasteiger partial charge is 0.870 e. The van der Waals surface area contributed by atoms with E-state index in [9.17, 15) is 51.9 Å². The first-order valence-corrected chi connectivity index (χ1v) is 33.5. The summed E-state index contributed by atoms with van der Waals surface area (Å²) in [5, 5.41) is 19.9. The normalized spacial score (nSPS) is 11.6. The van der Waals surface area contributed by atoms with E-state index in [2.05, 4.69) is 84.4 Å². The first-order chi connectivity index (χ1) is 51.1. The molecule has 2 saturated heterocycles. The average Bonchev–Trinajstić information content (AvgIpc) is 1.83. The van der Waals surface area contributed by atoms with Crippen molar-refractivity contribution in [1.29, 1.82) is 0 Å². The number of amides is 5. The number of halogens is 6. The molecule has 0 unspecified atom stereocenters. The van der Waals surface area contributed by atoms with E-state index >= 15 is 0 Å². The Kier molecular flexibility index (Phi) is 38.5. The Labute approximate surface area is 664 Å². The van der Waals surface area contributed by atoms with Gasteiger partial charge >= 0.3 is 42.7 Å². The predicted octanol–water partition coefficient (Wildman–Crippen LogP) is 6.18. The summed E-state index contributed by atoms with van der Waals surface area (Å²) in [5.74, 6) is -5.42. The number of carbonyl (C=O) groups excluding carboxylic acids is 7. The Morgan fingerprint density at radius 1 is 0.514 bits per heavy atom. The van der Waals surface area contributed by atoms with E-state index in [-0.39, 0.29) is 125 Å². The Morgan fingerprint density at radius 2 is 0.881 bits per heavy atom. The average molecular weight is 1660 g/mol. The maximum atomic E-state index is 13.5. The molecule has 0 atom stereocenters. The molecule has 0 bridgehead atoms. The van der Waals surface area contributed by atoms with Crippen LogP contribution in [0.15, 0.2) is 220 Å². The van der Waals surface area contributed by atoms with Crippen molar-refractivity contribution in [2.24, 2.45) is 5.73 Å². The van der Waals surface area contributed by atoms with Crippen molar-refractivity contribution in [3.05, 3.63) is 285 Å². The minimum Gasteiger partial charge on any atom is -0.870 e. The van der Waals surface area contributed by atoms with Gasteiger partial charge in [0.15, 0.2) is 11.4 Å². The third-order valence-corrected chi connectivity index (χ3v) is 16.2. The van der Waals surface area contributed by atoms with Crippen molar-refractivity contribution in [1.82, 2.24) is 73.5 Å². The number of aromatic amines is 2. The molecule has 11 aromatic rings. The summed E-state index contributed by atoms with van der Waals surface area (Å²) in [6.07, 6.45) is 14.7. The zero-order valence-electron chi connectivity index (χ0n) is 58.4. The summed E-state index contributed by atoms with van der Waals surface area (Å²) < 4.78 is 42.1. The number of aromatic nitrogens is 10. The molecule has 0 spiro atoms. The van der Waals surface area contributed by atoms with E-state index < -0.39 is 41.4 Å². The van der Waals surface area contributed by atoms with Gasteiger partial charge in [-0.25, -0.2) is 52.9 Å². The van der Waals surface area contributed by atoms with Gasteiger partial charge < -0.3 is 79.5 Å². The van der Waals surface area contributed by atoms with Crippen molar-refractivity contribution < 1.29 is 96.0 Å². The number of methoxy groups -OCH3 is 2. The molecule has 5 aromatic heterocycles. The van der Waals surface area contributed by atoms with Gasteiger partial charge in [-0.05, 0) is 108 Å². The van der Waals surface area contributed by atoms with E-state index in [1.54, 1.807) is 47.1 Å². The molecular formula is C72H71Cl3F2ILiN16O14. The van der Waals surface area contributed by atoms with Crippen molar-refractivity contribution in [2.45, 2.75) is 0 Å². The van der Waals surface area contributed by atoms with Gasteiger partial charge in [0, 0.05) is 91.6 Å². The van der Waals surface area contributed by atoms with E-state index in [4.69, 9.17) is 39.1 Å². The molecule has 13 rings (SSSR count). The molecule has 37 heteroatoms. The van der Waals surface area contributed by atoms with Crippen LogP contribution < -0.4 is 29.9 Å². The number of nitrogens with one attached hydrogen (secondary N) is 3. The number of piperazine rings is 2. The summed E-state index contributed by atoms with van der Waals surface area (Å²) in [6, 6.07) is 46.1. The Morgan fingerprint density at radius 3 is 1.23 bits per heavy atom. The maximum absolute atomic E-state index is 13.5. The van der Waals surface area contributed by atoms with Crippen LogP contribution >= 0.6 is 58.2 Å². The number of para-hydroxylation sites is 3. The van der Waals surface area contributed by atoms with Crippen LogP contribution in [0.2, 0.25) is 10.0 Å². The molecule has 5 amide bonds. The molecule has 7 heterocycles. The van der Waals surface area contributed by atoms with Crippen molar-refractivity contribution in [3.63, 3.8) is 0 Å². The monoisotopic (exact) mass is 1660 g/mol. The number of carboxylic acid groups (broad SMARTS) is 2. The number of aromatic carboxylic acids is 2. The van der Waals surface area contributed by atoms with Crippen LogP contribution in [-0.4, -0.2) is 217 Å². The van der Waals surface area contributed by atoms with Crippen molar-refractivity contribution in [3.8, 4) is 17.1 Å². The van der Waals surface area contributed by atoms with E-state index in [0.29, 0.717) is 50.7 Å². The topological polar surface area (TPSA) is 404 Å². The second-order valence-electron chi connectivity index (χ2n) is 21.8. The van der Waals surface area contributed by atoms with Gasteiger partial charge in [-0.2, -0.15) is 0 Å². The summed E-state index contributed by atoms with van der Waals surface area (Å²) in [5.41, 5.74) is 9.30. The summed E-state index contributed by atoms with van der Waals surface area (Å²) in [6.45, 7) is 2.58. The molecule has 0 radical (unpaired) electrons. The minimum atomic E-state index is -1.01. The number of hydrogen-bond acceptors (Lipinski definition) is 18. The standard InChI is InChI=1S/C23H21ClFN5O3.C13H15ClFN3O2.C11H10N2O2.C10H8N2O2.C6H5I.C5H6N2O2.C4H4N2O2.ClH.Li.H2O/c24-19-7-6-16(25)12-18(19)23(33)29-10-8-28(9-11-29)21(31)13-26-22(32)20-14-30(15-27-20)17-4-2-1-3-5-17;14-11-2-1-9(15)7-10(11)13(20)18-5-3-17(4-6-18)12(19)8-16;1-15-11(14)10-7-13(8-12-10)9-5-3-2-4-6-9;13-10(14)9-6-12(7-11-9)8-4-2-1-3-5-8;7-6-4-2-1-3-5-6;1-9-5(8)4-2-6-3-7-4;7-4(8)3-1-5-2-6-3;;;/h1-7,12,14-15H,8-11,13H2,(H,26,32);1-2,7H,3-6,8,16H2;2-8H,1H3;1-7H,(H,13,14);1-5H;2-3H,1H3,(H,6,7);1-2H,(H,5,6)(H,7,8);1H;;1H2/q;;;;;;;;+1;/p-1. The first kappa shape index (κ1) is 90.0. The number of imidazole rings is 5. The van der Waals surface area contributed by atoms with Gasteiger partial charge in [0.25, 0.3) is 17.7 Å². The van der Waals surface area contributed by atoms with Crippen molar-refractivity contribution in [2.75, 3.05) is 79.7 Å². The van der Waals surface area contributed by atoms with E-state index in [1.807, 2.05) is 109 Å². The summed E-state index contributed by atoms with van der Waals surface area (Å²) in [7, 11) is 2.66. The fraction of sp³-hybridized carbons (Fsp3) is 0.167. The van der Waals surface area contributed by atoms with E-state index in [0.717, 1.165) is 29.2 Å². The first-order valence-electron chi connectivity index (χ1n) is 31.7. The number of hydrogen-bond donors (Lipinski definition) is 6. The summed E-state index contributed by atoms with van der Waals surface area (Å²) >= 11 is 14.2. The second kappa shape index (κ2) is 46.6. The largest absolute Gasteiger partial charge is 1.00 e. The van der Waals surface area contributed by atoms with Gasteiger partial charge in [0.05, 0.1) is 73.5 Å². The van der Waals surface area contributed by atoms with Crippen LogP contribution in [0, 0.1) is 15.2 Å². The van der Waals surface area contributed by atoms with Crippen molar-refractivity contribution >= 4 is 112 Å². The van der Waals surface area contributed by atoms with Gasteiger partial charge in [0.1, 0.15) is 47.7 Å². The number of carboxylic acids is 2. The number of carbonyl (C=O) groups is 9. The molecular weight excluding hydrogens is 1590 g/mol. The number of rotatable bonds is 13. The molecule has 6 aromatic carbocycles. The molecule has 8 N–H and O–H groups in total. The summed E-state index contributed by atoms with van der Waals surface area (Å²) in [4.78, 5) is 134. The van der Waals surface area contributed by atoms with Gasteiger partial charge in [-0.15, -0.1) is 12.4 Å². The van der Waals surface area contributed by atoms with Gasteiger partial charge in [-0.3, -0.25) is 24.0 Å². The Balaban J connectivity index is 0.000000286. The number of esters is 2. The SMILES string of the molecule is COC(=O)c1cn(-c2ccccc2)cn1.COC(=O)c1cnc[nH]1.Cl.Ic1ccccc1.NCC(=O)N1CCN(C(=O)c2cc(F)ccc2Cl)CC1.O=C(NCC(=O)N1CCN(C(=O)c2cc(F)ccc2Cl)CC1)c1cn(-c2ccccc2)cn1.O=C(O)c1cn(-c2ccccc2)cn1.O=C(O)c1cnc[nH]1.[Li+].[OH-]. The fourth-order valence-corrected chi connectivity index (χ4v) is 10.2. The maximum Gasteiger partial charge on any atom is 1.00 e. The quantitative estimate of drug-likeness (QED) is 0.0426.